The lowest BCUT2D eigenvalue weighted by Crippen LogP contribution is -2.27. The number of aryl methyl sites for hydroxylation is 1. The maximum atomic E-state index is 5.92. The quantitative estimate of drug-likeness (QED) is 0.774. The molecule has 1 saturated heterocycles. The lowest BCUT2D eigenvalue weighted by atomic mass is 10.1. The van der Waals surface area contributed by atoms with Gasteiger partial charge in [0.15, 0.2) is 0 Å². The Hall–Kier alpha value is -1.22. The fourth-order valence-corrected chi connectivity index (χ4v) is 2.81. The molecule has 1 fully saturated rings. The molecule has 0 radical (unpaired) electrons. The molecule has 0 unspecified atom stereocenters. The molecule has 0 saturated carbocycles. The average Bonchev–Trinajstić information content (AvgIpc) is 2.77. The number of nitrogens with one attached hydrogen (secondary N) is 1. The van der Waals surface area contributed by atoms with Gasteiger partial charge in [-0.1, -0.05) is 26.2 Å². The van der Waals surface area contributed by atoms with Crippen LogP contribution >= 0.6 is 0 Å². The molecule has 118 valence electrons. The highest BCUT2D eigenvalue weighted by molar-refractivity contribution is 5.53. The molecule has 3 nitrogen and oxygen atoms in total. The molecule has 0 atom stereocenters. The first-order chi connectivity index (χ1) is 10.3. The van der Waals surface area contributed by atoms with Crippen molar-refractivity contribution in [3.63, 3.8) is 0 Å². The minimum atomic E-state index is 0.841. The van der Waals surface area contributed by atoms with Crippen LogP contribution in [0.3, 0.4) is 0 Å². The molecule has 0 bridgehead atoms. The monoisotopic (exact) mass is 290 g/mol. The van der Waals surface area contributed by atoms with Crippen LogP contribution in [-0.4, -0.2) is 32.8 Å². The number of benzene rings is 1. The topological polar surface area (TPSA) is 24.5 Å². The number of unbranched alkanes of at least 4 members (excludes halogenated alkanes) is 3. The fourth-order valence-electron chi connectivity index (χ4n) is 2.81. The Balaban J connectivity index is 1.87. The van der Waals surface area contributed by atoms with Gasteiger partial charge in [0.2, 0.25) is 0 Å². The van der Waals surface area contributed by atoms with Crippen LogP contribution in [0.4, 0.5) is 5.69 Å². The molecule has 0 aromatic heterocycles. The van der Waals surface area contributed by atoms with Gasteiger partial charge in [-0.15, -0.1) is 0 Å². The van der Waals surface area contributed by atoms with Crippen molar-refractivity contribution in [2.75, 3.05) is 37.7 Å². The van der Waals surface area contributed by atoms with Crippen LogP contribution < -0.4 is 15.0 Å². The molecule has 2 rings (SSSR count). The van der Waals surface area contributed by atoms with Gasteiger partial charge < -0.3 is 15.0 Å². The van der Waals surface area contributed by atoms with Gasteiger partial charge in [-0.25, -0.2) is 0 Å². The number of hydrogen-bond donors (Lipinski definition) is 1. The second-order valence-corrected chi connectivity index (χ2v) is 5.95. The first-order valence-corrected chi connectivity index (χ1v) is 8.50. The summed E-state index contributed by atoms with van der Waals surface area (Å²) in [7, 11) is 0. The van der Waals surface area contributed by atoms with Crippen LogP contribution in [0.5, 0.6) is 5.75 Å². The van der Waals surface area contributed by atoms with Crippen molar-refractivity contribution in [2.45, 2.75) is 46.0 Å². The zero-order chi connectivity index (χ0) is 14.9. The number of nitrogens with zero attached hydrogens (tertiary/aromatic N) is 1. The molecule has 1 aromatic rings. The first kappa shape index (κ1) is 16.2. The van der Waals surface area contributed by atoms with Crippen molar-refractivity contribution in [2.24, 2.45) is 0 Å². The Bertz CT molecular complexity index is 412. The summed E-state index contributed by atoms with van der Waals surface area (Å²) in [5.74, 6) is 1.04. The highest BCUT2D eigenvalue weighted by atomic mass is 16.5. The SMILES string of the molecule is CCCCCCOc1ccc(N2CCCNCC2)cc1C. The van der Waals surface area contributed by atoms with Gasteiger partial charge in [0, 0.05) is 25.3 Å². The van der Waals surface area contributed by atoms with Gasteiger partial charge in [0.1, 0.15) is 5.75 Å². The zero-order valence-electron chi connectivity index (χ0n) is 13.7. The number of hydrogen-bond acceptors (Lipinski definition) is 3. The van der Waals surface area contributed by atoms with Crippen LogP contribution in [0.15, 0.2) is 18.2 Å². The summed E-state index contributed by atoms with van der Waals surface area (Å²) in [4.78, 5) is 2.47. The number of rotatable bonds is 7. The van der Waals surface area contributed by atoms with Crippen LogP contribution in [0.25, 0.3) is 0 Å². The normalized spacial score (nSPS) is 15.8. The van der Waals surface area contributed by atoms with E-state index in [4.69, 9.17) is 4.74 Å². The molecular weight excluding hydrogens is 260 g/mol. The lowest BCUT2D eigenvalue weighted by molar-refractivity contribution is 0.303. The predicted molar refractivity (Wildman–Crippen MR) is 90.5 cm³/mol. The van der Waals surface area contributed by atoms with Crippen molar-refractivity contribution in [3.05, 3.63) is 23.8 Å². The fraction of sp³-hybridized carbons (Fsp3) is 0.667. The summed E-state index contributed by atoms with van der Waals surface area (Å²) in [6.45, 7) is 9.68. The second kappa shape index (κ2) is 8.93. The molecule has 1 aliphatic heterocycles. The molecule has 1 N–H and O–H groups in total. The summed E-state index contributed by atoms with van der Waals surface area (Å²) in [5.41, 5.74) is 2.58. The van der Waals surface area contributed by atoms with E-state index in [-0.39, 0.29) is 0 Å². The Morgan fingerprint density at radius 2 is 2.05 bits per heavy atom. The van der Waals surface area contributed by atoms with E-state index in [0.717, 1.165) is 45.0 Å². The summed E-state index contributed by atoms with van der Waals surface area (Å²) >= 11 is 0. The maximum absolute atomic E-state index is 5.92. The first-order valence-electron chi connectivity index (χ1n) is 8.50. The van der Waals surface area contributed by atoms with E-state index in [0.29, 0.717) is 0 Å². The molecule has 0 spiro atoms. The third-order valence-electron chi connectivity index (χ3n) is 4.12. The van der Waals surface area contributed by atoms with Crippen molar-refractivity contribution >= 4 is 5.69 Å². The van der Waals surface area contributed by atoms with E-state index < -0.39 is 0 Å². The van der Waals surface area contributed by atoms with Crippen molar-refractivity contribution < 1.29 is 4.74 Å². The van der Waals surface area contributed by atoms with Crippen molar-refractivity contribution in [1.82, 2.24) is 5.32 Å². The van der Waals surface area contributed by atoms with Gasteiger partial charge in [-0.2, -0.15) is 0 Å². The summed E-state index contributed by atoms with van der Waals surface area (Å²) in [6.07, 6.45) is 6.23. The van der Waals surface area contributed by atoms with E-state index in [1.165, 1.54) is 36.9 Å². The third kappa shape index (κ3) is 5.24. The molecule has 3 heteroatoms. The Morgan fingerprint density at radius 1 is 1.14 bits per heavy atom. The van der Waals surface area contributed by atoms with Gasteiger partial charge in [-0.3, -0.25) is 0 Å². The minimum Gasteiger partial charge on any atom is -0.493 e. The molecule has 1 aliphatic rings. The Morgan fingerprint density at radius 3 is 2.86 bits per heavy atom. The van der Waals surface area contributed by atoms with Crippen LogP contribution in [0.1, 0.15) is 44.6 Å². The average molecular weight is 290 g/mol. The molecule has 21 heavy (non-hydrogen) atoms. The molecular formula is C18H30N2O. The number of ether oxygens (including phenoxy) is 1. The van der Waals surface area contributed by atoms with Crippen molar-refractivity contribution in [1.29, 1.82) is 0 Å². The molecule has 0 aliphatic carbocycles. The molecule has 1 heterocycles. The van der Waals surface area contributed by atoms with Gasteiger partial charge in [0.25, 0.3) is 0 Å². The summed E-state index contributed by atoms with van der Waals surface area (Å²) < 4.78 is 5.92. The van der Waals surface area contributed by atoms with Crippen LogP contribution in [0.2, 0.25) is 0 Å². The maximum Gasteiger partial charge on any atom is 0.122 e. The largest absolute Gasteiger partial charge is 0.493 e. The third-order valence-corrected chi connectivity index (χ3v) is 4.12. The van der Waals surface area contributed by atoms with Crippen LogP contribution in [-0.2, 0) is 0 Å². The van der Waals surface area contributed by atoms with E-state index >= 15 is 0 Å². The minimum absolute atomic E-state index is 0.841. The second-order valence-electron chi connectivity index (χ2n) is 5.95. The zero-order valence-corrected chi connectivity index (χ0v) is 13.7. The van der Waals surface area contributed by atoms with E-state index in [9.17, 15) is 0 Å². The highest BCUT2D eigenvalue weighted by Gasteiger charge is 2.10. The molecule has 1 aromatic carbocycles. The smallest absolute Gasteiger partial charge is 0.122 e. The standard InChI is InChI=1S/C18H30N2O/c1-3-4-5-6-14-21-18-9-8-17(15-16(18)2)20-12-7-10-19-11-13-20/h8-9,15,19H,3-7,10-14H2,1-2H3. The van der Waals surface area contributed by atoms with Crippen LogP contribution in [0, 0.1) is 6.92 Å². The number of anilines is 1. The lowest BCUT2D eigenvalue weighted by Gasteiger charge is -2.23. The van der Waals surface area contributed by atoms with E-state index in [1.807, 2.05) is 0 Å². The van der Waals surface area contributed by atoms with E-state index in [1.54, 1.807) is 0 Å². The Labute approximate surface area is 129 Å². The Kier molecular flexibility index (Phi) is 6.87. The van der Waals surface area contributed by atoms with E-state index in [2.05, 4.69) is 42.3 Å². The predicted octanol–water partition coefficient (Wildman–Crippen LogP) is 3.75. The highest BCUT2D eigenvalue weighted by Crippen LogP contribution is 2.25. The van der Waals surface area contributed by atoms with Gasteiger partial charge >= 0.3 is 0 Å². The summed E-state index contributed by atoms with van der Waals surface area (Å²) in [6, 6.07) is 6.62. The molecule has 0 amide bonds. The van der Waals surface area contributed by atoms with Gasteiger partial charge in [0.05, 0.1) is 6.61 Å². The van der Waals surface area contributed by atoms with Gasteiger partial charge in [-0.05, 0) is 50.1 Å². The summed E-state index contributed by atoms with van der Waals surface area (Å²) in [5, 5.41) is 3.45. The van der Waals surface area contributed by atoms with Crippen molar-refractivity contribution in [3.8, 4) is 5.75 Å².